The van der Waals surface area contributed by atoms with E-state index in [2.05, 4.69) is 25.8 Å². The van der Waals surface area contributed by atoms with Crippen LogP contribution < -0.4 is 5.32 Å². The van der Waals surface area contributed by atoms with Gasteiger partial charge in [-0.15, -0.1) is 5.10 Å². The SMILES string of the molecule is FC(F)(F)c1cc(-n2cc(-c3n[nH]c4ccccc34)nn2)ccc1C1CCNCC1. The van der Waals surface area contributed by atoms with Crippen LogP contribution in [0.3, 0.4) is 0 Å². The molecule has 2 N–H and O–H groups in total. The minimum atomic E-state index is -4.43. The normalized spacial score (nSPS) is 15.7. The first-order chi connectivity index (χ1) is 14.5. The molecule has 0 saturated carbocycles. The van der Waals surface area contributed by atoms with E-state index in [1.807, 2.05) is 24.3 Å². The van der Waals surface area contributed by atoms with Crippen molar-refractivity contribution in [1.82, 2.24) is 30.5 Å². The Kier molecular flexibility index (Phi) is 4.54. The fraction of sp³-hybridized carbons (Fsp3) is 0.286. The lowest BCUT2D eigenvalue weighted by Gasteiger charge is -2.26. The molecular formula is C21H19F3N6. The number of aromatic amines is 1. The smallest absolute Gasteiger partial charge is 0.317 e. The Bertz CT molecular complexity index is 1190. The number of nitrogens with one attached hydrogen (secondary N) is 2. The lowest BCUT2D eigenvalue weighted by molar-refractivity contribution is -0.138. The Morgan fingerprint density at radius 2 is 1.83 bits per heavy atom. The third-order valence-electron chi connectivity index (χ3n) is 5.59. The molecule has 30 heavy (non-hydrogen) atoms. The summed E-state index contributed by atoms with van der Waals surface area (Å²) in [5, 5.41) is 19.5. The van der Waals surface area contributed by atoms with Crippen LogP contribution in [0.15, 0.2) is 48.7 Å². The highest BCUT2D eigenvalue weighted by Crippen LogP contribution is 2.39. The predicted molar refractivity (Wildman–Crippen MR) is 106 cm³/mol. The summed E-state index contributed by atoms with van der Waals surface area (Å²) in [6, 6.07) is 12.0. The number of H-pyrrole nitrogens is 1. The number of benzene rings is 2. The average molecular weight is 412 g/mol. The van der Waals surface area contributed by atoms with Crippen molar-refractivity contribution in [2.45, 2.75) is 24.9 Å². The second kappa shape index (κ2) is 7.24. The molecule has 0 atom stereocenters. The zero-order valence-electron chi connectivity index (χ0n) is 15.9. The molecular weight excluding hydrogens is 393 g/mol. The number of hydrogen-bond acceptors (Lipinski definition) is 4. The van der Waals surface area contributed by atoms with E-state index in [0.29, 0.717) is 35.5 Å². The highest BCUT2D eigenvalue weighted by Gasteiger charge is 2.36. The van der Waals surface area contributed by atoms with Crippen LogP contribution in [0.2, 0.25) is 0 Å². The quantitative estimate of drug-likeness (QED) is 0.527. The van der Waals surface area contributed by atoms with Crippen LogP contribution >= 0.6 is 0 Å². The van der Waals surface area contributed by atoms with Gasteiger partial charge in [-0.3, -0.25) is 5.10 Å². The lowest BCUT2D eigenvalue weighted by atomic mass is 9.86. The van der Waals surface area contributed by atoms with Gasteiger partial charge < -0.3 is 5.32 Å². The highest BCUT2D eigenvalue weighted by molar-refractivity contribution is 5.91. The number of fused-ring (bicyclic) bond motifs is 1. The summed E-state index contributed by atoms with van der Waals surface area (Å²) in [7, 11) is 0. The number of aromatic nitrogens is 5. The van der Waals surface area contributed by atoms with Crippen molar-refractivity contribution in [2.75, 3.05) is 13.1 Å². The van der Waals surface area contributed by atoms with Crippen LogP contribution in [0.4, 0.5) is 13.2 Å². The van der Waals surface area contributed by atoms with Crippen LogP contribution in [0, 0.1) is 0 Å². The number of hydrogen-bond donors (Lipinski definition) is 2. The molecule has 0 unspecified atom stereocenters. The first-order valence-corrected chi connectivity index (χ1v) is 9.79. The Hall–Kier alpha value is -3.20. The summed E-state index contributed by atoms with van der Waals surface area (Å²) in [5.41, 5.74) is 2.02. The number of para-hydroxylation sites is 1. The van der Waals surface area contributed by atoms with Crippen molar-refractivity contribution < 1.29 is 13.2 Å². The summed E-state index contributed by atoms with van der Waals surface area (Å²) < 4.78 is 42.8. The Balaban J connectivity index is 1.53. The van der Waals surface area contributed by atoms with E-state index in [1.54, 1.807) is 18.3 Å². The Morgan fingerprint density at radius 3 is 2.63 bits per heavy atom. The summed E-state index contributed by atoms with van der Waals surface area (Å²) in [4.78, 5) is 0. The van der Waals surface area contributed by atoms with E-state index in [0.717, 1.165) is 24.0 Å². The zero-order valence-corrected chi connectivity index (χ0v) is 15.9. The first kappa shape index (κ1) is 18.8. The van der Waals surface area contributed by atoms with Crippen LogP contribution in [0.25, 0.3) is 28.0 Å². The van der Waals surface area contributed by atoms with Gasteiger partial charge >= 0.3 is 6.18 Å². The van der Waals surface area contributed by atoms with Crippen LogP contribution in [-0.4, -0.2) is 38.3 Å². The number of piperidine rings is 1. The fourth-order valence-corrected chi connectivity index (χ4v) is 4.08. The summed E-state index contributed by atoms with van der Waals surface area (Å²) >= 11 is 0. The van der Waals surface area contributed by atoms with Gasteiger partial charge in [-0.05, 0) is 55.6 Å². The molecule has 5 rings (SSSR count). The molecule has 1 aliphatic rings. The summed E-state index contributed by atoms with van der Waals surface area (Å²) in [6.45, 7) is 1.46. The number of nitrogens with zero attached hydrogens (tertiary/aromatic N) is 4. The number of halogens is 3. The van der Waals surface area contributed by atoms with Crippen molar-refractivity contribution in [3.05, 3.63) is 59.8 Å². The molecule has 0 spiro atoms. The molecule has 1 aliphatic heterocycles. The molecule has 1 saturated heterocycles. The molecule has 0 amide bonds. The molecule has 2 aromatic carbocycles. The predicted octanol–water partition coefficient (Wildman–Crippen LogP) is 4.30. The van der Waals surface area contributed by atoms with Gasteiger partial charge in [0.25, 0.3) is 0 Å². The van der Waals surface area contributed by atoms with E-state index in [1.165, 1.54) is 10.7 Å². The maximum Gasteiger partial charge on any atom is 0.416 e. The number of rotatable bonds is 3. The Morgan fingerprint density at radius 1 is 1.03 bits per heavy atom. The van der Waals surface area contributed by atoms with Gasteiger partial charge in [0.2, 0.25) is 0 Å². The van der Waals surface area contributed by atoms with Gasteiger partial charge in [0.05, 0.1) is 23.0 Å². The third-order valence-corrected chi connectivity index (χ3v) is 5.59. The van der Waals surface area contributed by atoms with Crippen LogP contribution in [0.5, 0.6) is 0 Å². The van der Waals surface area contributed by atoms with Gasteiger partial charge in [-0.25, -0.2) is 4.68 Å². The van der Waals surface area contributed by atoms with E-state index < -0.39 is 11.7 Å². The van der Waals surface area contributed by atoms with Gasteiger partial charge in [0.15, 0.2) is 0 Å². The van der Waals surface area contributed by atoms with Gasteiger partial charge in [0.1, 0.15) is 11.4 Å². The monoisotopic (exact) mass is 412 g/mol. The maximum absolute atomic E-state index is 13.8. The summed E-state index contributed by atoms with van der Waals surface area (Å²) in [6.07, 6.45) is -1.44. The first-order valence-electron chi connectivity index (χ1n) is 9.79. The maximum atomic E-state index is 13.8. The van der Waals surface area contributed by atoms with E-state index in [4.69, 9.17) is 0 Å². The lowest BCUT2D eigenvalue weighted by Crippen LogP contribution is -2.28. The highest BCUT2D eigenvalue weighted by atomic mass is 19.4. The molecule has 4 aromatic rings. The molecule has 1 fully saturated rings. The van der Waals surface area contributed by atoms with E-state index in [9.17, 15) is 13.2 Å². The Labute approximate surface area is 170 Å². The standard InChI is InChI=1S/C21H19F3N6/c22-21(23,24)17-11-14(5-6-15(17)13-7-9-25-10-8-13)30-12-19(27-29-30)20-16-3-1-2-4-18(16)26-28-20/h1-6,11-13,25H,7-10H2,(H,26,28). The van der Waals surface area contributed by atoms with Gasteiger partial charge in [-0.1, -0.05) is 29.5 Å². The van der Waals surface area contributed by atoms with E-state index >= 15 is 0 Å². The van der Waals surface area contributed by atoms with Gasteiger partial charge in [-0.2, -0.15) is 18.3 Å². The van der Waals surface area contributed by atoms with Crippen molar-refractivity contribution >= 4 is 10.9 Å². The minimum Gasteiger partial charge on any atom is -0.317 e. The molecule has 0 bridgehead atoms. The molecule has 3 heterocycles. The topological polar surface area (TPSA) is 71.4 Å². The largest absolute Gasteiger partial charge is 0.416 e. The van der Waals surface area contributed by atoms with Crippen molar-refractivity contribution in [3.63, 3.8) is 0 Å². The second-order valence-electron chi connectivity index (χ2n) is 7.46. The van der Waals surface area contributed by atoms with Gasteiger partial charge in [0, 0.05) is 5.39 Å². The fourth-order valence-electron chi connectivity index (χ4n) is 4.08. The molecule has 0 aliphatic carbocycles. The zero-order chi connectivity index (χ0) is 20.7. The average Bonchev–Trinajstić information content (AvgIpc) is 3.40. The molecule has 6 nitrogen and oxygen atoms in total. The third kappa shape index (κ3) is 3.35. The van der Waals surface area contributed by atoms with Crippen molar-refractivity contribution in [1.29, 1.82) is 0 Å². The van der Waals surface area contributed by atoms with Crippen LogP contribution in [-0.2, 0) is 6.18 Å². The van der Waals surface area contributed by atoms with E-state index in [-0.39, 0.29) is 5.92 Å². The van der Waals surface area contributed by atoms with Crippen molar-refractivity contribution in [3.8, 4) is 17.1 Å². The van der Waals surface area contributed by atoms with Crippen molar-refractivity contribution in [2.24, 2.45) is 0 Å². The molecule has 9 heteroatoms. The molecule has 154 valence electrons. The second-order valence-corrected chi connectivity index (χ2v) is 7.46. The van der Waals surface area contributed by atoms with Crippen LogP contribution in [0.1, 0.15) is 29.9 Å². The molecule has 2 aromatic heterocycles. The molecule has 0 radical (unpaired) electrons. The summed E-state index contributed by atoms with van der Waals surface area (Å²) in [5.74, 6) is -0.0985. The minimum absolute atomic E-state index is 0.0985. The number of alkyl halides is 3.